The van der Waals surface area contributed by atoms with E-state index in [-0.39, 0.29) is 29.9 Å². The van der Waals surface area contributed by atoms with Crippen LogP contribution in [0.5, 0.6) is 11.8 Å². The van der Waals surface area contributed by atoms with E-state index < -0.39 is 5.91 Å². The van der Waals surface area contributed by atoms with Crippen molar-refractivity contribution in [1.82, 2.24) is 15.3 Å². The molecule has 3 N–H and O–H groups in total. The Hall–Kier alpha value is -2.67. The van der Waals surface area contributed by atoms with Crippen LogP contribution in [0.3, 0.4) is 0 Å². The third-order valence-electron chi connectivity index (χ3n) is 3.10. The Bertz CT molecular complexity index is 612. The Morgan fingerprint density at radius 3 is 2.32 bits per heavy atom. The van der Waals surface area contributed by atoms with Gasteiger partial charge in [-0.2, -0.15) is 0 Å². The van der Waals surface area contributed by atoms with Crippen LogP contribution in [0.25, 0.3) is 0 Å². The molecule has 0 fully saturated rings. The van der Waals surface area contributed by atoms with E-state index in [1.807, 2.05) is 30.3 Å². The van der Waals surface area contributed by atoms with Gasteiger partial charge in [0.15, 0.2) is 5.56 Å². The number of rotatable bonds is 6. The zero-order valence-electron chi connectivity index (χ0n) is 12.4. The minimum Gasteiger partial charge on any atom is -0.480 e. The van der Waals surface area contributed by atoms with Crippen LogP contribution in [0, 0.1) is 0 Å². The molecule has 0 aliphatic carbocycles. The van der Waals surface area contributed by atoms with Crippen molar-refractivity contribution in [3.05, 3.63) is 47.8 Å². The van der Waals surface area contributed by atoms with Crippen molar-refractivity contribution >= 4 is 5.91 Å². The number of ether oxygens (including phenoxy) is 2. The molecule has 1 amide bonds. The van der Waals surface area contributed by atoms with Gasteiger partial charge < -0.3 is 20.5 Å². The second-order valence-corrected chi connectivity index (χ2v) is 4.49. The van der Waals surface area contributed by atoms with E-state index in [1.165, 1.54) is 20.5 Å². The van der Waals surface area contributed by atoms with E-state index in [1.54, 1.807) is 0 Å². The van der Waals surface area contributed by atoms with E-state index in [2.05, 4.69) is 15.3 Å². The number of nitrogens with zero attached hydrogens (tertiary/aromatic N) is 2. The number of nitrogens with two attached hydrogens (primary N) is 1. The largest absolute Gasteiger partial charge is 0.480 e. The van der Waals surface area contributed by atoms with E-state index in [0.29, 0.717) is 0 Å². The molecule has 22 heavy (non-hydrogen) atoms. The van der Waals surface area contributed by atoms with Gasteiger partial charge >= 0.3 is 0 Å². The van der Waals surface area contributed by atoms with Crippen LogP contribution >= 0.6 is 0 Å². The SMILES string of the molecule is COc1ncnc(OC)c1C(=O)NCC(N)c1ccccc1. The molecule has 0 bridgehead atoms. The normalized spacial score (nSPS) is 11.6. The maximum atomic E-state index is 12.3. The molecular formula is C15H18N4O3. The summed E-state index contributed by atoms with van der Waals surface area (Å²) in [5.74, 6) is -0.101. The molecular weight excluding hydrogens is 284 g/mol. The number of carbonyl (C=O) groups is 1. The third kappa shape index (κ3) is 3.50. The van der Waals surface area contributed by atoms with Crippen molar-refractivity contribution < 1.29 is 14.3 Å². The third-order valence-corrected chi connectivity index (χ3v) is 3.10. The summed E-state index contributed by atoms with van der Waals surface area (Å²) in [6.07, 6.45) is 1.27. The predicted molar refractivity (Wildman–Crippen MR) is 80.8 cm³/mol. The second kappa shape index (κ2) is 7.37. The molecule has 0 saturated heterocycles. The molecule has 0 radical (unpaired) electrons. The molecule has 1 unspecified atom stereocenters. The molecule has 0 aliphatic rings. The molecule has 0 saturated carbocycles. The van der Waals surface area contributed by atoms with E-state index >= 15 is 0 Å². The number of carbonyl (C=O) groups excluding carboxylic acids is 1. The Morgan fingerprint density at radius 1 is 1.18 bits per heavy atom. The van der Waals surface area contributed by atoms with Crippen molar-refractivity contribution in [2.24, 2.45) is 5.73 Å². The topological polar surface area (TPSA) is 99.4 Å². The number of hydrogen-bond acceptors (Lipinski definition) is 6. The second-order valence-electron chi connectivity index (χ2n) is 4.49. The minimum atomic E-state index is -0.402. The average molecular weight is 302 g/mol. The number of amides is 1. The Morgan fingerprint density at radius 2 is 1.77 bits per heavy atom. The van der Waals surface area contributed by atoms with E-state index in [9.17, 15) is 4.79 Å². The maximum absolute atomic E-state index is 12.3. The summed E-state index contributed by atoms with van der Waals surface area (Å²) in [7, 11) is 2.85. The lowest BCUT2D eigenvalue weighted by atomic mass is 10.1. The highest BCUT2D eigenvalue weighted by Crippen LogP contribution is 2.23. The fourth-order valence-corrected chi connectivity index (χ4v) is 1.97. The number of aromatic nitrogens is 2. The molecule has 1 aromatic carbocycles. The first-order chi connectivity index (χ1) is 10.7. The summed E-state index contributed by atoms with van der Waals surface area (Å²) in [5, 5.41) is 2.74. The van der Waals surface area contributed by atoms with Gasteiger partial charge in [-0.1, -0.05) is 30.3 Å². The summed E-state index contributed by atoms with van der Waals surface area (Å²) in [4.78, 5) is 20.1. The summed E-state index contributed by atoms with van der Waals surface area (Å²) in [6.45, 7) is 0.268. The highest BCUT2D eigenvalue weighted by molar-refractivity contribution is 5.98. The number of benzene rings is 1. The number of hydrogen-bond donors (Lipinski definition) is 2. The fraction of sp³-hybridized carbons (Fsp3) is 0.267. The molecule has 1 aromatic heterocycles. The molecule has 116 valence electrons. The average Bonchev–Trinajstić information content (AvgIpc) is 2.59. The highest BCUT2D eigenvalue weighted by atomic mass is 16.5. The quantitative estimate of drug-likeness (QED) is 0.823. The van der Waals surface area contributed by atoms with Crippen LogP contribution in [0.1, 0.15) is 22.0 Å². The van der Waals surface area contributed by atoms with Gasteiger partial charge in [0.1, 0.15) is 6.33 Å². The first kappa shape index (κ1) is 15.7. The van der Waals surface area contributed by atoms with Gasteiger partial charge in [0.05, 0.1) is 14.2 Å². The zero-order chi connectivity index (χ0) is 15.9. The number of methoxy groups -OCH3 is 2. The van der Waals surface area contributed by atoms with Crippen molar-refractivity contribution in [3.8, 4) is 11.8 Å². The van der Waals surface area contributed by atoms with Gasteiger partial charge in [0.2, 0.25) is 11.8 Å². The van der Waals surface area contributed by atoms with E-state index in [4.69, 9.17) is 15.2 Å². The smallest absolute Gasteiger partial charge is 0.262 e. The van der Waals surface area contributed by atoms with Crippen LogP contribution in [-0.4, -0.2) is 36.6 Å². The molecule has 1 heterocycles. The molecule has 0 aliphatic heterocycles. The van der Waals surface area contributed by atoms with Gasteiger partial charge in [-0.05, 0) is 5.56 Å². The Labute approximate surface area is 128 Å². The van der Waals surface area contributed by atoms with E-state index in [0.717, 1.165) is 5.56 Å². The van der Waals surface area contributed by atoms with Crippen LogP contribution in [-0.2, 0) is 0 Å². The maximum Gasteiger partial charge on any atom is 0.262 e. The Balaban J connectivity index is 2.10. The van der Waals surface area contributed by atoms with Gasteiger partial charge in [-0.3, -0.25) is 4.79 Å². The van der Waals surface area contributed by atoms with Crippen molar-refractivity contribution in [1.29, 1.82) is 0 Å². The van der Waals surface area contributed by atoms with Crippen molar-refractivity contribution in [2.75, 3.05) is 20.8 Å². The zero-order valence-corrected chi connectivity index (χ0v) is 12.4. The fourth-order valence-electron chi connectivity index (χ4n) is 1.97. The lowest BCUT2D eigenvalue weighted by Gasteiger charge is -2.15. The molecule has 0 spiro atoms. The van der Waals surface area contributed by atoms with Crippen LogP contribution < -0.4 is 20.5 Å². The molecule has 7 nitrogen and oxygen atoms in total. The van der Waals surface area contributed by atoms with Crippen LogP contribution in [0.15, 0.2) is 36.7 Å². The summed E-state index contributed by atoms with van der Waals surface area (Å²) < 4.78 is 10.2. The monoisotopic (exact) mass is 302 g/mol. The first-order valence-corrected chi connectivity index (χ1v) is 6.69. The standard InChI is InChI=1S/C15H18N4O3/c1-21-14-12(15(22-2)19-9-18-14)13(20)17-8-11(16)10-6-4-3-5-7-10/h3-7,9,11H,8,16H2,1-2H3,(H,17,20). The minimum absolute atomic E-state index is 0.146. The number of nitrogens with one attached hydrogen (secondary N) is 1. The van der Waals surface area contributed by atoms with Gasteiger partial charge in [0, 0.05) is 12.6 Å². The molecule has 2 aromatic rings. The first-order valence-electron chi connectivity index (χ1n) is 6.69. The van der Waals surface area contributed by atoms with Gasteiger partial charge in [-0.15, -0.1) is 0 Å². The lowest BCUT2D eigenvalue weighted by Crippen LogP contribution is -2.32. The highest BCUT2D eigenvalue weighted by Gasteiger charge is 2.21. The Kier molecular flexibility index (Phi) is 5.26. The lowest BCUT2D eigenvalue weighted by molar-refractivity contribution is 0.0943. The van der Waals surface area contributed by atoms with Gasteiger partial charge in [0.25, 0.3) is 5.91 Å². The summed E-state index contributed by atoms with van der Waals surface area (Å²) >= 11 is 0. The summed E-state index contributed by atoms with van der Waals surface area (Å²) in [6, 6.07) is 9.20. The molecule has 7 heteroatoms. The molecule has 1 atom stereocenters. The van der Waals surface area contributed by atoms with Gasteiger partial charge in [-0.25, -0.2) is 9.97 Å². The molecule has 2 rings (SSSR count). The van der Waals surface area contributed by atoms with Crippen LogP contribution in [0.2, 0.25) is 0 Å². The predicted octanol–water partition coefficient (Wildman–Crippen LogP) is 0.924. The van der Waals surface area contributed by atoms with Crippen molar-refractivity contribution in [2.45, 2.75) is 6.04 Å². The van der Waals surface area contributed by atoms with Crippen LogP contribution in [0.4, 0.5) is 0 Å². The summed E-state index contributed by atoms with van der Waals surface area (Å²) in [5.41, 5.74) is 7.14. The van der Waals surface area contributed by atoms with Crippen molar-refractivity contribution in [3.63, 3.8) is 0 Å².